The van der Waals surface area contributed by atoms with Crippen molar-refractivity contribution in [2.24, 2.45) is 5.73 Å². The topological polar surface area (TPSA) is 59.0 Å². The van der Waals surface area contributed by atoms with Gasteiger partial charge in [-0.3, -0.25) is 0 Å². The minimum absolute atomic E-state index is 0.0673. The van der Waals surface area contributed by atoms with Crippen LogP contribution in [0.3, 0.4) is 0 Å². The third-order valence-corrected chi connectivity index (χ3v) is 2.94. The van der Waals surface area contributed by atoms with E-state index in [1.807, 2.05) is 6.07 Å². The molecule has 0 amide bonds. The van der Waals surface area contributed by atoms with Crippen LogP contribution in [0.1, 0.15) is 29.7 Å². The Morgan fingerprint density at radius 2 is 1.95 bits per heavy atom. The smallest absolute Gasteiger partial charge is 0.124 e. The summed E-state index contributed by atoms with van der Waals surface area (Å²) in [4.78, 5) is 0. The normalized spacial score (nSPS) is 11.8. The van der Waals surface area contributed by atoms with Crippen LogP contribution in [-0.2, 0) is 6.61 Å². The van der Waals surface area contributed by atoms with E-state index < -0.39 is 17.7 Å². The van der Waals surface area contributed by atoms with Crippen LogP contribution in [0.25, 0.3) is 0 Å². The number of nitrogens with zero attached hydrogens (tertiary/aromatic N) is 1. The van der Waals surface area contributed by atoms with Gasteiger partial charge in [-0.25, -0.2) is 8.78 Å². The van der Waals surface area contributed by atoms with Crippen LogP contribution >= 0.6 is 0 Å². The third kappa shape index (κ3) is 3.77. The molecule has 0 saturated carbocycles. The molecular weight excluding hydrogens is 274 g/mol. The Bertz CT molecular complexity index is 693. The van der Waals surface area contributed by atoms with E-state index >= 15 is 0 Å². The van der Waals surface area contributed by atoms with Gasteiger partial charge in [0, 0.05) is 11.6 Å². The maximum absolute atomic E-state index is 13.3. The van der Waals surface area contributed by atoms with E-state index in [1.54, 1.807) is 6.92 Å². The summed E-state index contributed by atoms with van der Waals surface area (Å²) < 4.78 is 32.1. The predicted octanol–water partition coefficient (Wildman–Crippen LogP) is 3.44. The lowest BCUT2D eigenvalue weighted by Gasteiger charge is -2.14. The van der Waals surface area contributed by atoms with Gasteiger partial charge in [-0.2, -0.15) is 5.26 Å². The molecule has 2 rings (SSSR count). The Kier molecular flexibility index (Phi) is 4.51. The lowest BCUT2D eigenvalue weighted by atomic mass is 10.1. The van der Waals surface area contributed by atoms with Crippen LogP contribution in [-0.4, -0.2) is 0 Å². The first kappa shape index (κ1) is 14.9. The zero-order valence-corrected chi connectivity index (χ0v) is 11.4. The van der Waals surface area contributed by atoms with Gasteiger partial charge < -0.3 is 10.5 Å². The van der Waals surface area contributed by atoms with Gasteiger partial charge in [-0.05, 0) is 48.9 Å². The van der Waals surface area contributed by atoms with Gasteiger partial charge in [0.1, 0.15) is 24.0 Å². The molecule has 0 fully saturated rings. The summed E-state index contributed by atoms with van der Waals surface area (Å²) in [7, 11) is 0. The molecule has 0 aliphatic rings. The summed E-state index contributed by atoms with van der Waals surface area (Å²) in [6.45, 7) is 1.79. The van der Waals surface area contributed by atoms with Crippen LogP contribution in [0.15, 0.2) is 36.4 Å². The molecule has 108 valence electrons. The molecule has 2 aromatic rings. The maximum atomic E-state index is 13.3. The first-order valence-electron chi connectivity index (χ1n) is 6.37. The van der Waals surface area contributed by atoms with Crippen molar-refractivity contribution in [3.63, 3.8) is 0 Å². The molecule has 0 heterocycles. The summed E-state index contributed by atoms with van der Waals surface area (Å²) in [5.74, 6) is -0.458. The second-order valence-corrected chi connectivity index (χ2v) is 4.72. The minimum atomic E-state index is -0.501. The molecule has 0 aromatic heterocycles. The molecule has 3 nitrogen and oxygen atoms in total. The van der Waals surface area contributed by atoms with E-state index in [0.717, 1.165) is 6.07 Å². The lowest BCUT2D eigenvalue weighted by molar-refractivity contribution is 0.300. The zero-order chi connectivity index (χ0) is 15.4. The van der Waals surface area contributed by atoms with Crippen LogP contribution in [0.5, 0.6) is 5.75 Å². The van der Waals surface area contributed by atoms with Gasteiger partial charge in [-0.15, -0.1) is 0 Å². The molecule has 0 saturated heterocycles. The monoisotopic (exact) mass is 288 g/mol. The first-order valence-corrected chi connectivity index (χ1v) is 6.37. The van der Waals surface area contributed by atoms with Crippen molar-refractivity contribution in [2.45, 2.75) is 19.6 Å². The summed E-state index contributed by atoms with van der Waals surface area (Å²) in [6, 6.07) is 9.53. The molecule has 0 spiro atoms. The highest BCUT2D eigenvalue weighted by atomic mass is 19.1. The second kappa shape index (κ2) is 6.33. The van der Waals surface area contributed by atoms with Crippen molar-refractivity contribution in [2.75, 3.05) is 0 Å². The molecule has 0 aliphatic heterocycles. The fourth-order valence-electron chi connectivity index (χ4n) is 1.97. The van der Waals surface area contributed by atoms with Crippen molar-refractivity contribution in [3.8, 4) is 11.8 Å². The lowest BCUT2D eigenvalue weighted by Crippen LogP contribution is -2.08. The number of benzene rings is 2. The van der Waals surface area contributed by atoms with E-state index in [0.29, 0.717) is 16.9 Å². The highest BCUT2D eigenvalue weighted by Gasteiger charge is 2.10. The molecule has 5 heteroatoms. The summed E-state index contributed by atoms with van der Waals surface area (Å²) in [5.41, 5.74) is 7.05. The van der Waals surface area contributed by atoms with Crippen LogP contribution in [0, 0.1) is 23.0 Å². The molecule has 2 N–H and O–H groups in total. The second-order valence-electron chi connectivity index (χ2n) is 4.72. The van der Waals surface area contributed by atoms with E-state index in [4.69, 9.17) is 15.7 Å². The van der Waals surface area contributed by atoms with Gasteiger partial charge >= 0.3 is 0 Å². The third-order valence-electron chi connectivity index (χ3n) is 2.94. The number of halogens is 2. The van der Waals surface area contributed by atoms with Crippen LogP contribution < -0.4 is 10.5 Å². The van der Waals surface area contributed by atoms with Gasteiger partial charge in [0.05, 0.1) is 11.6 Å². The first-order chi connectivity index (χ1) is 9.99. The summed E-state index contributed by atoms with van der Waals surface area (Å²) in [5, 5.41) is 8.80. The highest BCUT2D eigenvalue weighted by molar-refractivity contribution is 5.37. The zero-order valence-electron chi connectivity index (χ0n) is 11.4. The standard InChI is InChI=1S/C16H14F2N2O/c1-10(20)15-7-13(17)2-3-16(15)21-9-12-4-11(8-19)5-14(18)6-12/h2-7,10H,9,20H2,1H3/t10-/m0/s1. The average molecular weight is 288 g/mol. The SMILES string of the molecule is C[C@H](N)c1cc(F)ccc1OCc1cc(F)cc(C#N)c1. The molecule has 21 heavy (non-hydrogen) atoms. The van der Waals surface area contributed by atoms with Gasteiger partial charge in [0.15, 0.2) is 0 Å². The minimum Gasteiger partial charge on any atom is -0.489 e. The molecule has 2 aromatic carbocycles. The van der Waals surface area contributed by atoms with E-state index in [9.17, 15) is 8.78 Å². The molecule has 0 aliphatic carbocycles. The molecule has 0 unspecified atom stereocenters. The van der Waals surface area contributed by atoms with Crippen LogP contribution in [0.4, 0.5) is 8.78 Å². The fourth-order valence-corrected chi connectivity index (χ4v) is 1.97. The number of ether oxygens (including phenoxy) is 1. The summed E-state index contributed by atoms with van der Waals surface area (Å²) >= 11 is 0. The Morgan fingerprint density at radius 1 is 1.19 bits per heavy atom. The highest BCUT2D eigenvalue weighted by Crippen LogP contribution is 2.25. The van der Waals surface area contributed by atoms with Gasteiger partial charge in [0.2, 0.25) is 0 Å². The average Bonchev–Trinajstić information content (AvgIpc) is 2.45. The van der Waals surface area contributed by atoms with Crippen molar-refractivity contribution in [3.05, 3.63) is 64.7 Å². The Balaban J connectivity index is 2.21. The van der Waals surface area contributed by atoms with Gasteiger partial charge in [-0.1, -0.05) is 0 Å². The van der Waals surface area contributed by atoms with Gasteiger partial charge in [0.25, 0.3) is 0 Å². The molecule has 1 atom stereocenters. The van der Waals surface area contributed by atoms with E-state index in [1.165, 1.54) is 30.3 Å². The predicted molar refractivity (Wildman–Crippen MR) is 74.4 cm³/mol. The number of nitrogens with two attached hydrogens (primary N) is 1. The number of hydrogen-bond acceptors (Lipinski definition) is 3. The Labute approximate surface area is 121 Å². The van der Waals surface area contributed by atoms with Crippen molar-refractivity contribution in [1.82, 2.24) is 0 Å². The quantitative estimate of drug-likeness (QED) is 0.937. The van der Waals surface area contributed by atoms with E-state index in [-0.39, 0.29) is 12.2 Å². The van der Waals surface area contributed by atoms with Crippen LogP contribution in [0.2, 0.25) is 0 Å². The van der Waals surface area contributed by atoms with Crippen molar-refractivity contribution >= 4 is 0 Å². The number of rotatable bonds is 4. The Hall–Kier alpha value is -2.45. The largest absolute Gasteiger partial charge is 0.489 e. The molecule has 0 radical (unpaired) electrons. The molecule has 0 bridgehead atoms. The molecular formula is C16H14F2N2O. The maximum Gasteiger partial charge on any atom is 0.124 e. The van der Waals surface area contributed by atoms with E-state index in [2.05, 4.69) is 0 Å². The number of hydrogen-bond donors (Lipinski definition) is 1. The summed E-state index contributed by atoms with van der Waals surface area (Å²) in [6.07, 6.45) is 0. The van der Waals surface area contributed by atoms with Crippen molar-refractivity contribution in [1.29, 1.82) is 5.26 Å². The fraction of sp³-hybridized carbons (Fsp3) is 0.188. The van der Waals surface area contributed by atoms with Crippen molar-refractivity contribution < 1.29 is 13.5 Å². The number of nitriles is 1. The Morgan fingerprint density at radius 3 is 2.62 bits per heavy atom.